The van der Waals surface area contributed by atoms with E-state index in [1.54, 1.807) is 25.4 Å². The number of pyridine rings is 1. The Kier molecular flexibility index (Phi) is 5.93. The van der Waals surface area contributed by atoms with Crippen molar-refractivity contribution in [3.8, 4) is 11.1 Å². The maximum absolute atomic E-state index is 12.9. The van der Waals surface area contributed by atoms with E-state index in [4.69, 9.17) is 11.6 Å². The maximum atomic E-state index is 12.9. The lowest BCUT2D eigenvalue weighted by Crippen LogP contribution is -2.39. The van der Waals surface area contributed by atoms with E-state index in [-0.39, 0.29) is 30.1 Å². The molecule has 8 heteroatoms. The molecule has 0 spiro atoms. The van der Waals surface area contributed by atoms with Gasteiger partial charge in [0.2, 0.25) is 5.95 Å². The number of benzene rings is 1. The van der Waals surface area contributed by atoms with Crippen LogP contribution in [0.3, 0.4) is 0 Å². The molecule has 0 atom stereocenters. The summed E-state index contributed by atoms with van der Waals surface area (Å²) in [5, 5.41) is 14.4. The average molecular weight is 421 g/mol. The van der Waals surface area contributed by atoms with Gasteiger partial charge in [-0.15, -0.1) is 12.4 Å². The fourth-order valence-electron chi connectivity index (χ4n) is 3.79. The van der Waals surface area contributed by atoms with Gasteiger partial charge in [0.1, 0.15) is 5.65 Å². The summed E-state index contributed by atoms with van der Waals surface area (Å²) in [4.78, 5) is 21.8. The number of nitrogens with zero attached hydrogens (tertiary/aromatic N) is 3. The quantitative estimate of drug-likeness (QED) is 0.670. The average Bonchev–Trinajstić information content (AvgIpc) is 3.15. The topological polar surface area (TPSA) is 80.0 Å². The first-order valence-electron chi connectivity index (χ1n) is 9.04. The lowest BCUT2D eigenvalue weighted by molar-refractivity contribution is 0.213. The van der Waals surface area contributed by atoms with Gasteiger partial charge in [0.15, 0.2) is 0 Å². The zero-order valence-electron chi connectivity index (χ0n) is 15.5. The number of hydrogen-bond acceptors (Lipinski definition) is 5. The van der Waals surface area contributed by atoms with E-state index in [0.717, 1.165) is 31.1 Å². The second-order valence-electron chi connectivity index (χ2n) is 7.15. The van der Waals surface area contributed by atoms with Crippen molar-refractivity contribution in [1.82, 2.24) is 14.5 Å². The number of hydrogen-bond donors (Lipinski definition) is 2. The molecule has 0 saturated heterocycles. The van der Waals surface area contributed by atoms with Crippen LogP contribution in [0.4, 0.5) is 5.95 Å². The van der Waals surface area contributed by atoms with Crippen LogP contribution in [0.25, 0.3) is 22.2 Å². The standard InChI is InChI=1S/C20H21ClN4O2.ClH/c1-25-17-13(10-15(18(25)27)14-6-2-3-7-16(14)21)11-22-19(23-17)24-20(12-26)8-4-5-9-20;/h2-3,6-7,10-11,26H,4-5,8-9,12H2,1H3,(H,22,23,24);1H. The summed E-state index contributed by atoms with van der Waals surface area (Å²) in [5.41, 5.74) is 1.21. The molecule has 4 rings (SSSR count). The van der Waals surface area contributed by atoms with Gasteiger partial charge in [-0.05, 0) is 25.0 Å². The number of anilines is 1. The second kappa shape index (κ2) is 8.07. The van der Waals surface area contributed by atoms with Gasteiger partial charge >= 0.3 is 0 Å². The zero-order valence-corrected chi connectivity index (χ0v) is 17.1. The first-order valence-corrected chi connectivity index (χ1v) is 9.41. The van der Waals surface area contributed by atoms with Crippen LogP contribution in [0.2, 0.25) is 5.02 Å². The van der Waals surface area contributed by atoms with E-state index in [1.165, 1.54) is 4.57 Å². The number of aliphatic hydroxyl groups is 1. The van der Waals surface area contributed by atoms with Gasteiger partial charge in [-0.3, -0.25) is 9.36 Å². The third-order valence-electron chi connectivity index (χ3n) is 5.35. The predicted octanol–water partition coefficient (Wildman–Crippen LogP) is 3.79. The Labute approximate surface area is 174 Å². The van der Waals surface area contributed by atoms with Crippen molar-refractivity contribution in [2.75, 3.05) is 11.9 Å². The van der Waals surface area contributed by atoms with Crippen molar-refractivity contribution in [2.24, 2.45) is 7.05 Å². The summed E-state index contributed by atoms with van der Waals surface area (Å²) < 4.78 is 1.52. The molecule has 0 amide bonds. The summed E-state index contributed by atoms with van der Waals surface area (Å²) in [7, 11) is 1.69. The van der Waals surface area contributed by atoms with E-state index >= 15 is 0 Å². The van der Waals surface area contributed by atoms with E-state index in [9.17, 15) is 9.90 Å². The van der Waals surface area contributed by atoms with Gasteiger partial charge in [-0.1, -0.05) is 42.6 Å². The highest BCUT2D eigenvalue weighted by atomic mass is 35.5. The van der Waals surface area contributed by atoms with Crippen LogP contribution in [-0.4, -0.2) is 31.8 Å². The molecule has 6 nitrogen and oxygen atoms in total. The maximum Gasteiger partial charge on any atom is 0.259 e. The highest BCUT2D eigenvalue weighted by molar-refractivity contribution is 6.33. The number of nitrogens with one attached hydrogen (secondary N) is 1. The summed E-state index contributed by atoms with van der Waals surface area (Å²) in [6.07, 6.45) is 5.61. The molecule has 1 aromatic carbocycles. The van der Waals surface area contributed by atoms with Gasteiger partial charge in [-0.25, -0.2) is 4.98 Å². The van der Waals surface area contributed by atoms with Crippen molar-refractivity contribution in [3.63, 3.8) is 0 Å². The monoisotopic (exact) mass is 420 g/mol. The minimum atomic E-state index is -0.371. The predicted molar refractivity (Wildman–Crippen MR) is 114 cm³/mol. The van der Waals surface area contributed by atoms with Crippen molar-refractivity contribution >= 4 is 41.0 Å². The van der Waals surface area contributed by atoms with E-state index < -0.39 is 0 Å². The largest absolute Gasteiger partial charge is 0.394 e. The van der Waals surface area contributed by atoms with Gasteiger partial charge in [0.05, 0.1) is 12.1 Å². The zero-order chi connectivity index (χ0) is 19.0. The van der Waals surface area contributed by atoms with E-state index in [0.29, 0.717) is 27.7 Å². The first kappa shape index (κ1) is 20.6. The van der Waals surface area contributed by atoms with Crippen molar-refractivity contribution in [1.29, 1.82) is 0 Å². The number of halogens is 2. The van der Waals surface area contributed by atoms with Gasteiger partial charge in [0, 0.05) is 34.8 Å². The Morgan fingerprint density at radius 2 is 1.96 bits per heavy atom. The van der Waals surface area contributed by atoms with E-state index in [2.05, 4.69) is 15.3 Å². The van der Waals surface area contributed by atoms with Gasteiger partial charge < -0.3 is 10.4 Å². The van der Waals surface area contributed by atoms with Crippen LogP contribution in [0, 0.1) is 0 Å². The highest BCUT2D eigenvalue weighted by Gasteiger charge is 2.33. The number of aromatic nitrogens is 3. The molecule has 148 valence electrons. The Balaban J connectivity index is 0.00000225. The molecule has 2 aromatic heterocycles. The summed E-state index contributed by atoms with van der Waals surface area (Å²) in [5.74, 6) is 0.430. The third-order valence-corrected chi connectivity index (χ3v) is 5.68. The van der Waals surface area contributed by atoms with Crippen LogP contribution in [0.15, 0.2) is 41.3 Å². The first-order chi connectivity index (χ1) is 13.0. The molecule has 1 aliphatic rings. The third kappa shape index (κ3) is 3.60. The smallest absolute Gasteiger partial charge is 0.259 e. The van der Waals surface area contributed by atoms with Crippen LogP contribution in [0.5, 0.6) is 0 Å². The van der Waals surface area contributed by atoms with Crippen LogP contribution >= 0.6 is 24.0 Å². The van der Waals surface area contributed by atoms with Gasteiger partial charge in [0.25, 0.3) is 5.56 Å². The highest BCUT2D eigenvalue weighted by Crippen LogP contribution is 2.32. The molecule has 1 fully saturated rings. The molecule has 3 aromatic rings. The number of aryl methyl sites for hydroxylation is 1. The lowest BCUT2D eigenvalue weighted by Gasteiger charge is -2.28. The molecule has 0 bridgehead atoms. The van der Waals surface area contributed by atoms with Crippen LogP contribution < -0.4 is 10.9 Å². The van der Waals surface area contributed by atoms with Crippen molar-refractivity contribution in [3.05, 3.63) is 51.9 Å². The fourth-order valence-corrected chi connectivity index (χ4v) is 4.03. The Hall–Kier alpha value is -2.15. The number of rotatable bonds is 4. The Morgan fingerprint density at radius 3 is 2.64 bits per heavy atom. The van der Waals surface area contributed by atoms with Crippen LogP contribution in [-0.2, 0) is 7.05 Å². The lowest BCUT2D eigenvalue weighted by atomic mass is 9.99. The molecule has 0 unspecified atom stereocenters. The SMILES string of the molecule is Cl.Cn1c(=O)c(-c2ccccc2Cl)cc2cnc(NC3(CO)CCCC3)nc21. The number of fused-ring (bicyclic) bond motifs is 1. The van der Waals surface area contributed by atoms with E-state index in [1.807, 2.05) is 18.2 Å². The molecule has 0 aliphatic heterocycles. The second-order valence-corrected chi connectivity index (χ2v) is 7.55. The summed E-state index contributed by atoms with van der Waals surface area (Å²) >= 11 is 6.27. The van der Waals surface area contributed by atoms with Crippen molar-refractivity contribution < 1.29 is 5.11 Å². The Bertz CT molecular complexity index is 1060. The molecular weight excluding hydrogens is 399 g/mol. The van der Waals surface area contributed by atoms with Crippen LogP contribution in [0.1, 0.15) is 25.7 Å². The molecular formula is C20H22Cl2N4O2. The normalized spacial score (nSPS) is 15.4. The van der Waals surface area contributed by atoms with Crippen molar-refractivity contribution in [2.45, 2.75) is 31.2 Å². The minimum Gasteiger partial charge on any atom is -0.394 e. The Morgan fingerprint density at radius 1 is 1.25 bits per heavy atom. The molecule has 28 heavy (non-hydrogen) atoms. The molecule has 0 radical (unpaired) electrons. The molecule has 1 aliphatic carbocycles. The molecule has 2 N–H and O–H groups in total. The summed E-state index contributed by atoms with van der Waals surface area (Å²) in [6, 6.07) is 9.05. The number of aliphatic hydroxyl groups excluding tert-OH is 1. The summed E-state index contributed by atoms with van der Waals surface area (Å²) in [6.45, 7) is 0.0404. The van der Waals surface area contributed by atoms with Gasteiger partial charge in [-0.2, -0.15) is 4.98 Å². The molecule has 2 heterocycles. The minimum absolute atomic E-state index is 0. The molecule has 1 saturated carbocycles. The fraction of sp³-hybridized carbons (Fsp3) is 0.350.